The zero-order valence-electron chi connectivity index (χ0n) is 16.5. The van der Waals surface area contributed by atoms with E-state index in [0.29, 0.717) is 13.2 Å². The van der Waals surface area contributed by atoms with E-state index in [9.17, 15) is 5.11 Å². The highest BCUT2D eigenvalue weighted by molar-refractivity contribution is 5.31. The molecule has 2 aromatic rings. The molecular weight excluding hydrogens is 340 g/mol. The number of benzene rings is 1. The number of rotatable bonds is 6. The number of ether oxygens (including phenoxy) is 1. The van der Waals surface area contributed by atoms with Crippen molar-refractivity contribution in [2.75, 3.05) is 44.2 Å². The first-order valence-electron chi connectivity index (χ1n) is 9.57. The molecule has 2 heterocycles. The molecule has 0 radical (unpaired) electrons. The maximum atomic E-state index is 10.3. The molecule has 1 N–H and O–H groups in total. The number of anilines is 1. The number of piperazine rings is 1. The summed E-state index contributed by atoms with van der Waals surface area (Å²) in [7, 11) is 0. The van der Waals surface area contributed by atoms with Gasteiger partial charge in [-0.1, -0.05) is 32.9 Å². The molecule has 27 heavy (non-hydrogen) atoms. The van der Waals surface area contributed by atoms with Gasteiger partial charge >= 0.3 is 0 Å². The van der Waals surface area contributed by atoms with Gasteiger partial charge in [0.25, 0.3) is 0 Å². The van der Waals surface area contributed by atoms with Crippen LogP contribution >= 0.6 is 0 Å². The van der Waals surface area contributed by atoms with Crippen LogP contribution in [0, 0.1) is 0 Å². The summed E-state index contributed by atoms with van der Waals surface area (Å²) in [6, 6.07) is 9.96. The second-order valence-corrected chi connectivity index (χ2v) is 8.08. The Kier molecular flexibility index (Phi) is 6.29. The van der Waals surface area contributed by atoms with Gasteiger partial charge in [-0.25, -0.2) is 9.97 Å². The molecule has 0 spiro atoms. The highest BCUT2D eigenvalue weighted by Crippen LogP contribution is 2.24. The predicted molar refractivity (Wildman–Crippen MR) is 107 cm³/mol. The fourth-order valence-corrected chi connectivity index (χ4v) is 3.18. The van der Waals surface area contributed by atoms with Crippen molar-refractivity contribution in [3.63, 3.8) is 0 Å². The number of hydrogen-bond donors (Lipinski definition) is 1. The largest absolute Gasteiger partial charge is 0.491 e. The maximum Gasteiger partial charge on any atom is 0.225 e. The third-order valence-electron chi connectivity index (χ3n) is 4.84. The van der Waals surface area contributed by atoms with Crippen LogP contribution in [-0.2, 0) is 5.41 Å². The molecule has 0 saturated carbocycles. The minimum Gasteiger partial charge on any atom is -0.491 e. The summed E-state index contributed by atoms with van der Waals surface area (Å²) in [4.78, 5) is 13.0. The van der Waals surface area contributed by atoms with Crippen LogP contribution in [0.4, 0.5) is 5.95 Å². The van der Waals surface area contributed by atoms with E-state index in [1.54, 1.807) is 12.4 Å². The average molecular weight is 370 g/mol. The van der Waals surface area contributed by atoms with Gasteiger partial charge in [-0.15, -0.1) is 0 Å². The molecule has 1 aromatic heterocycles. The molecule has 1 fully saturated rings. The number of aromatic nitrogens is 2. The molecule has 1 aromatic carbocycles. The lowest BCUT2D eigenvalue weighted by atomic mass is 9.87. The number of β-amino-alcohol motifs (C(OH)–C–C–N with tert-alkyl or cyclic N) is 1. The molecule has 6 nitrogen and oxygen atoms in total. The molecule has 1 unspecified atom stereocenters. The van der Waals surface area contributed by atoms with E-state index in [0.717, 1.165) is 37.9 Å². The maximum absolute atomic E-state index is 10.3. The SMILES string of the molecule is CC(C)(C)c1ccc(OCC(O)CN2CCN(c3ncccn3)CC2)cc1. The summed E-state index contributed by atoms with van der Waals surface area (Å²) < 4.78 is 5.76. The first kappa shape index (κ1) is 19.6. The van der Waals surface area contributed by atoms with Crippen LogP contribution in [0.3, 0.4) is 0 Å². The summed E-state index contributed by atoms with van der Waals surface area (Å²) in [6.07, 6.45) is 3.03. The van der Waals surface area contributed by atoms with E-state index in [-0.39, 0.29) is 5.41 Å². The van der Waals surface area contributed by atoms with Crippen molar-refractivity contribution in [3.05, 3.63) is 48.3 Å². The Morgan fingerprint density at radius 3 is 2.26 bits per heavy atom. The van der Waals surface area contributed by atoms with Crippen LogP contribution in [0.5, 0.6) is 5.75 Å². The molecule has 1 saturated heterocycles. The van der Waals surface area contributed by atoms with Crippen molar-refractivity contribution in [2.45, 2.75) is 32.3 Å². The lowest BCUT2D eigenvalue weighted by Gasteiger charge is -2.35. The zero-order valence-corrected chi connectivity index (χ0v) is 16.5. The van der Waals surface area contributed by atoms with Gasteiger partial charge < -0.3 is 14.7 Å². The van der Waals surface area contributed by atoms with Crippen molar-refractivity contribution in [2.24, 2.45) is 0 Å². The van der Waals surface area contributed by atoms with Crippen molar-refractivity contribution in [3.8, 4) is 5.75 Å². The first-order valence-corrected chi connectivity index (χ1v) is 9.57. The molecule has 1 aliphatic heterocycles. The van der Waals surface area contributed by atoms with Crippen LogP contribution in [-0.4, -0.2) is 65.4 Å². The second-order valence-electron chi connectivity index (χ2n) is 8.08. The zero-order chi connectivity index (χ0) is 19.3. The Balaban J connectivity index is 1.40. The van der Waals surface area contributed by atoms with Crippen molar-refractivity contribution < 1.29 is 9.84 Å². The van der Waals surface area contributed by atoms with E-state index in [1.807, 2.05) is 18.2 Å². The van der Waals surface area contributed by atoms with E-state index in [1.165, 1.54) is 5.56 Å². The van der Waals surface area contributed by atoms with Gasteiger partial charge in [0.2, 0.25) is 5.95 Å². The molecule has 1 aliphatic rings. The molecule has 0 aliphatic carbocycles. The van der Waals surface area contributed by atoms with Gasteiger partial charge in [0.15, 0.2) is 0 Å². The highest BCUT2D eigenvalue weighted by Gasteiger charge is 2.21. The fourth-order valence-electron chi connectivity index (χ4n) is 3.18. The summed E-state index contributed by atoms with van der Waals surface area (Å²) in [5.74, 6) is 1.58. The van der Waals surface area contributed by atoms with Gasteiger partial charge in [0, 0.05) is 45.1 Å². The van der Waals surface area contributed by atoms with Gasteiger partial charge in [0.05, 0.1) is 0 Å². The van der Waals surface area contributed by atoms with Crippen LogP contribution in [0.2, 0.25) is 0 Å². The Bertz CT molecular complexity index is 692. The Labute approximate surface area is 161 Å². The third kappa shape index (κ3) is 5.65. The average Bonchev–Trinajstić information content (AvgIpc) is 2.67. The van der Waals surface area contributed by atoms with Crippen LogP contribution in [0.1, 0.15) is 26.3 Å². The molecule has 3 rings (SSSR count). The quantitative estimate of drug-likeness (QED) is 0.842. The van der Waals surface area contributed by atoms with Crippen LogP contribution in [0.25, 0.3) is 0 Å². The van der Waals surface area contributed by atoms with Crippen molar-refractivity contribution >= 4 is 5.95 Å². The smallest absolute Gasteiger partial charge is 0.225 e. The Hall–Kier alpha value is -2.18. The topological polar surface area (TPSA) is 61.7 Å². The summed E-state index contributed by atoms with van der Waals surface area (Å²) in [6.45, 7) is 11.0. The first-order chi connectivity index (χ1) is 12.9. The number of aliphatic hydroxyl groups excluding tert-OH is 1. The lowest BCUT2D eigenvalue weighted by Crippen LogP contribution is -2.49. The molecule has 0 amide bonds. The van der Waals surface area contributed by atoms with Crippen LogP contribution < -0.4 is 9.64 Å². The molecule has 1 atom stereocenters. The van der Waals surface area contributed by atoms with Crippen LogP contribution in [0.15, 0.2) is 42.7 Å². The number of aliphatic hydroxyl groups is 1. The monoisotopic (exact) mass is 370 g/mol. The fraction of sp³-hybridized carbons (Fsp3) is 0.524. The summed E-state index contributed by atoms with van der Waals surface area (Å²) >= 11 is 0. The minimum absolute atomic E-state index is 0.130. The number of nitrogens with zero attached hydrogens (tertiary/aromatic N) is 4. The molecule has 146 valence electrons. The third-order valence-corrected chi connectivity index (χ3v) is 4.84. The Morgan fingerprint density at radius 1 is 1.04 bits per heavy atom. The van der Waals surface area contributed by atoms with Gasteiger partial charge in [-0.05, 0) is 29.2 Å². The van der Waals surface area contributed by atoms with E-state index in [2.05, 4.69) is 52.7 Å². The Morgan fingerprint density at radius 2 is 1.67 bits per heavy atom. The van der Waals surface area contributed by atoms with Gasteiger partial charge in [-0.2, -0.15) is 0 Å². The second kappa shape index (κ2) is 8.67. The van der Waals surface area contributed by atoms with E-state index in [4.69, 9.17) is 4.74 Å². The summed E-state index contributed by atoms with van der Waals surface area (Å²) in [5, 5.41) is 10.3. The number of hydrogen-bond acceptors (Lipinski definition) is 6. The normalized spacial score (nSPS) is 17.0. The van der Waals surface area contributed by atoms with Crippen molar-refractivity contribution in [1.29, 1.82) is 0 Å². The van der Waals surface area contributed by atoms with E-state index >= 15 is 0 Å². The molecule has 0 bridgehead atoms. The summed E-state index contributed by atoms with van der Waals surface area (Å²) in [5.41, 5.74) is 1.40. The standard InChI is InChI=1S/C21H30N4O2/c1-21(2,3)17-5-7-19(8-6-17)27-16-18(26)15-24-11-13-25(14-12-24)20-22-9-4-10-23-20/h4-10,18,26H,11-16H2,1-3H3. The molecular formula is C21H30N4O2. The molecule has 6 heteroatoms. The van der Waals surface area contributed by atoms with E-state index < -0.39 is 6.10 Å². The van der Waals surface area contributed by atoms with Gasteiger partial charge in [0.1, 0.15) is 18.5 Å². The van der Waals surface area contributed by atoms with Gasteiger partial charge in [-0.3, -0.25) is 4.90 Å². The van der Waals surface area contributed by atoms with Crippen molar-refractivity contribution in [1.82, 2.24) is 14.9 Å². The lowest BCUT2D eigenvalue weighted by molar-refractivity contribution is 0.0662. The predicted octanol–water partition coefficient (Wildman–Crippen LogP) is 2.34. The minimum atomic E-state index is -0.508. The highest BCUT2D eigenvalue weighted by atomic mass is 16.5.